The summed E-state index contributed by atoms with van der Waals surface area (Å²) in [7, 11) is -2.49. The van der Waals surface area contributed by atoms with Crippen LogP contribution in [0, 0.1) is 12.7 Å². The lowest BCUT2D eigenvalue weighted by atomic mass is 10.2. The topological polar surface area (TPSA) is 77.8 Å². The van der Waals surface area contributed by atoms with Crippen molar-refractivity contribution >= 4 is 10.0 Å². The van der Waals surface area contributed by atoms with Crippen molar-refractivity contribution in [2.45, 2.75) is 36.8 Å². The average molecular weight is 408 g/mol. The molecule has 0 bridgehead atoms. The number of halogens is 1. The van der Waals surface area contributed by atoms with Gasteiger partial charge in [-0.25, -0.2) is 12.8 Å². The Morgan fingerprint density at radius 3 is 2.43 bits per heavy atom. The third-order valence-corrected chi connectivity index (χ3v) is 6.85. The molecule has 1 saturated heterocycles. The summed E-state index contributed by atoms with van der Waals surface area (Å²) in [6, 6.07) is 7.08. The Balaban J connectivity index is 1.43. The van der Waals surface area contributed by atoms with Gasteiger partial charge >= 0.3 is 0 Å². The first-order chi connectivity index (χ1) is 13.3. The molecule has 0 N–H and O–H groups in total. The predicted octanol–water partition coefficient (Wildman–Crippen LogP) is 2.09. The number of benzene rings is 1. The Labute approximate surface area is 162 Å². The Morgan fingerprint density at radius 2 is 1.86 bits per heavy atom. The molecule has 0 radical (unpaired) electrons. The molecule has 1 aromatic carbocycles. The molecule has 1 saturated carbocycles. The minimum Gasteiger partial charge on any atom is -0.494 e. The Kier molecular flexibility index (Phi) is 4.67. The first-order valence-electron chi connectivity index (χ1n) is 9.03. The number of ether oxygens (including phenoxy) is 2. The molecule has 2 aromatic rings. The van der Waals surface area contributed by atoms with Crippen LogP contribution in [0.1, 0.15) is 24.6 Å². The Morgan fingerprint density at radius 1 is 1.14 bits per heavy atom. The molecule has 1 aromatic heterocycles. The van der Waals surface area contributed by atoms with Crippen LogP contribution in [0.5, 0.6) is 11.5 Å². The number of rotatable bonds is 6. The van der Waals surface area contributed by atoms with Crippen molar-refractivity contribution in [1.82, 2.24) is 8.87 Å². The van der Waals surface area contributed by atoms with E-state index in [0.29, 0.717) is 5.75 Å². The molecular formula is C19H21FN2O5S. The summed E-state index contributed by atoms with van der Waals surface area (Å²) in [6.45, 7) is 2.14. The Bertz CT molecular complexity index is 1070. The number of aryl methyl sites for hydroxylation is 1. The van der Waals surface area contributed by atoms with E-state index < -0.39 is 15.8 Å². The van der Waals surface area contributed by atoms with E-state index in [1.165, 1.54) is 29.6 Å². The number of sulfonamides is 1. The quantitative estimate of drug-likeness (QED) is 0.732. The number of nitrogens with zero attached hydrogens (tertiary/aromatic N) is 2. The van der Waals surface area contributed by atoms with Crippen LogP contribution in [-0.2, 0) is 10.0 Å². The fourth-order valence-corrected chi connectivity index (χ4v) is 4.89. The highest BCUT2D eigenvalue weighted by molar-refractivity contribution is 7.89. The maximum Gasteiger partial charge on any atom is 0.254 e. The minimum absolute atomic E-state index is 0.0138. The number of hydrogen-bond acceptors (Lipinski definition) is 5. The summed E-state index contributed by atoms with van der Waals surface area (Å²) in [6.07, 6.45) is 1.68. The van der Waals surface area contributed by atoms with E-state index in [1.807, 2.05) is 6.92 Å². The molecule has 9 heteroatoms. The lowest BCUT2D eigenvalue weighted by Gasteiger charge is -2.37. The number of pyridine rings is 1. The van der Waals surface area contributed by atoms with Gasteiger partial charge in [0.15, 0.2) is 11.6 Å². The second-order valence-corrected chi connectivity index (χ2v) is 9.07. The van der Waals surface area contributed by atoms with Crippen LogP contribution in [0.3, 0.4) is 0 Å². The van der Waals surface area contributed by atoms with E-state index in [4.69, 9.17) is 9.47 Å². The average Bonchev–Trinajstić information content (AvgIpc) is 3.41. The summed E-state index contributed by atoms with van der Waals surface area (Å²) < 4.78 is 52.6. The third-order valence-electron chi connectivity index (χ3n) is 5.02. The molecule has 7 nitrogen and oxygen atoms in total. The van der Waals surface area contributed by atoms with E-state index in [1.54, 1.807) is 10.6 Å². The fraction of sp³-hybridized carbons (Fsp3) is 0.421. The second-order valence-electron chi connectivity index (χ2n) is 7.13. The summed E-state index contributed by atoms with van der Waals surface area (Å²) >= 11 is 0. The number of methoxy groups -OCH3 is 1. The van der Waals surface area contributed by atoms with E-state index in [-0.39, 0.29) is 41.4 Å². The standard InChI is InChI=1S/C19H21FN2O5S/c1-12-7-14(8-19(23)22(12)13-3-4-13)27-15-10-21(11-15)28(24,25)16-5-6-18(26-2)17(20)9-16/h5-9,13,15H,3-4,10-11H2,1-2H3. The minimum atomic E-state index is -3.81. The second kappa shape index (κ2) is 6.89. The van der Waals surface area contributed by atoms with E-state index >= 15 is 0 Å². The maximum absolute atomic E-state index is 13.8. The molecule has 2 aliphatic rings. The molecule has 4 rings (SSSR count). The molecule has 150 valence electrons. The molecule has 2 heterocycles. The summed E-state index contributed by atoms with van der Waals surface area (Å²) in [5, 5.41) is 0. The van der Waals surface area contributed by atoms with Crippen molar-refractivity contribution in [2.75, 3.05) is 20.2 Å². The normalized spacial score (nSPS) is 18.0. The zero-order valence-electron chi connectivity index (χ0n) is 15.6. The van der Waals surface area contributed by atoms with Gasteiger partial charge in [-0.05, 0) is 44.0 Å². The highest BCUT2D eigenvalue weighted by atomic mass is 32.2. The SMILES string of the molecule is COc1ccc(S(=O)(=O)N2CC(Oc3cc(C)n(C4CC4)c(=O)c3)C2)cc1F. The van der Waals surface area contributed by atoms with Crippen molar-refractivity contribution in [3.05, 3.63) is 52.2 Å². The molecule has 0 atom stereocenters. The first-order valence-corrected chi connectivity index (χ1v) is 10.5. The van der Waals surface area contributed by atoms with Crippen molar-refractivity contribution in [2.24, 2.45) is 0 Å². The van der Waals surface area contributed by atoms with Gasteiger partial charge in [0.05, 0.1) is 25.1 Å². The van der Waals surface area contributed by atoms with Gasteiger partial charge in [0.1, 0.15) is 11.9 Å². The molecule has 2 fully saturated rings. The molecule has 1 aliphatic carbocycles. The summed E-state index contributed by atoms with van der Waals surface area (Å²) in [5.41, 5.74) is 0.734. The van der Waals surface area contributed by atoms with Crippen LogP contribution in [0.15, 0.2) is 40.0 Å². The lowest BCUT2D eigenvalue weighted by Crippen LogP contribution is -2.56. The van der Waals surface area contributed by atoms with Crippen LogP contribution in [0.25, 0.3) is 0 Å². The van der Waals surface area contributed by atoms with Gasteiger partial charge in [-0.2, -0.15) is 4.31 Å². The molecule has 28 heavy (non-hydrogen) atoms. The van der Waals surface area contributed by atoms with Crippen LogP contribution in [0.2, 0.25) is 0 Å². The van der Waals surface area contributed by atoms with E-state index in [2.05, 4.69) is 0 Å². The van der Waals surface area contributed by atoms with Gasteiger partial charge in [-0.3, -0.25) is 4.79 Å². The smallest absolute Gasteiger partial charge is 0.254 e. The number of hydrogen-bond donors (Lipinski definition) is 0. The van der Waals surface area contributed by atoms with Gasteiger partial charge < -0.3 is 14.0 Å². The highest BCUT2D eigenvalue weighted by Crippen LogP contribution is 2.35. The number of aromatic nitrogens is 1. The maximum atomic E-state index is 13.8. The van der Waals surface area contributed by atoms with Crippen molar-refractivity contribution < 1.29 is 22.3 Å². The molecule has 0 unspecified atom stereocenters. The van der Waals surface area contributed by atoms with Gasteiger partial charge in [-0.15, -0.1) is 0 Å². The molecule has 0 spiro atoms. The molecule has 1 aliphatic heterocycles. The zero-order valence-corrected chi connectivity index (χ0v) is 16.4. The molecular weight excluding hydrogens is 387 g/mol. The van der Waals surface area contributed by atoms with Crippen molar-refractivity contribution in [3.8, 4) is 11.5 Å². The highest BCUT2D eigenvalue weighted by Gasteiger charge is 2.38. The zero-order chi connectivity index (χ0) is 20.1. The van der Waals surface area contributed by atoms with Gasteiger partial charge in [0, 0.05) is 17.8 Å². The lowest BCUT2D eigenvalue weighted by molar-refractivity contribution is 0.0758. The van der Waals surface area contributed by atoms with Gasteiger partial charge in [0.25, 0.3) is 5.56 Å². The first kappa shape index (κ1) is 18.9. The molecule has 0 amide bonds. The largest absolute Gasteiger partial charge is 0.494 e. The van der Waals surface area contributed by atoms with Crippen LogP contribution in [-0.4, -0.2) is 43.6 Å². The van der Waals surface area contributed by atoms with Crippen molar-refractivity contribution in [1.29, 1.82) is 0 Å². The summed E-state index contributed by atoms with van der Waals surface area (Å²) in [5.74, 6) is -0.305. The van der Waals surface area contributed by atoms with Crippen LogP contribution < -0.4 is 15.0 Å². The monoisotopic (exact) mass is 408 g/mol. The van der Waals surface area contributed by atoms with Crippen LogP contribution >= 0.6 is 0 Å². The van der Waals surface area contributed by atoms with Crippen LogP contribution in [0.4, 0.5) is 4.39 Å². The van der Waals surface area contributed by atoms with Gasteiger partial charge in [0.2, 0.25) is 10.0 Å². The third kappa shape index (κ3) is 3.40. The fourth-order valence-electron chi connectivity index (χ4n) is 3.37. The van der Waals surface area contributed by atoms with Crippen molar-refractivity contribution in [3.63, 3.8) is 0 Å². The van der Waals surface area contributed by atoms with E-state index in [9.17, 15) is 17.6 Å². The van der Waals surface area contributed by atoms with Gasteiger partial charge in [-0.1, -0.05) is 0 Å². The summed E-state index contributed by atoms with van der Waals surface area (Å²) in [4.78, 5) is 12.1. The van der Waals surface area contributed by atoms with E-state index in [0.717, 1.165) is 24.6 Å². The predicted molar refractivity (Wildman–Crippen MR) is 99.8 cm³/mol. The Hall–Kier alpha value is -2.39.